The second kappa shape index (κ2) is 8.80. The van der Waals surface area contributed by atoms with Crippen LogP contribution >= 0.6 is 47.0 Å². The highest BCUT2D eigenvalue weighted by Gasteiger charge is 2.60. The second-order valence-corrected chi connectivity index (χ2v) is 11.8. The maximum atomic E-state index is 12.4. The molecule has 4 atom stereocenters. The van der Waals surface area contributed by atoms with Gasteiger partial charge in [0.1, 0.15) is 9.81 Å². The van der Waals surface area contributed by atoms with Crippen LogP contribution in [0.3, 0.4) is 0 Å². The average molecular weight is 503 g/mol. The first-order valence-electron chi connectivity index (χ1n) is 9.11. The quantitative estimate of drug-likeness (QED) is 0.417. The van der Waals surface area contributed by atoms with Crippen LogP contribution in [0.15, 0.2) is 29.4 Å². The van der Waals surface area contributed by atoms with Gasteiger partial charge in [-0.1, -0.05) is 23.5 Å². The van der Waals surface area contributed by atoms with Crippen LogP contribution in [0.2, 0.25) is 0 Å². The van der Waals surface area contributed by atoms with Gasteiger partial charge in [0.25, 0.3) is 0 Å². The van der Waals surface area contributed by atoms with Crippen molar-refractivity contribution in [2.24, 2.45) is 11.8 Å². The number of ether oxygens (including phenoxy) is 4. The van der Waals surface area contributed by atoms with E-state index in [9.17, 15) is 19.2 Å². The summed E-state index contributed by atoms with van der Waals surface area (Å²) in [5.41, 5.74) is 0.825. The number of hydrogen-bond donors (Lipinski definition) is 0. The lowest BCUT2D eigenvalue weighted by Gasteiger charge is -2.25. The third kappa shape index (κ3) is 3.61. The molecular weight excluding hydrogens is 484 g/mol. The second-order valence-electron chi connectivity index (χ2n) is 6.84. The van der Waals surface area contributed by atoms with Crippen LogP contribution in [0.4, 0.5) is 0 Å². The Bertz CT molecular complexity index is 909. The summed E-state index contributed by atoms with van der Waals surface area (Å²) in [4.78, 5) is 49.6. The van der Waals surface area contributed by atoms with Crippen molar-refractivity contribution in [2.75, 3.05) is 28.4 Å². The van der Waals surface area contributed by atoms with E-state index in [-0.39, 0.29) is 32.1 Å². The minimum Gasteiger partial charge on any atom is -0.466 e. The molecule has 8 nitrogen and oxygen atoms in total. The molecule has 0 aromatic rings. The van der Waals surface area contributed by atoms with E-state index in [4.69, 9.17) is 18.9 Å². The van der Waals surface area contributed by atoms with E-state index in [1.165, 1.54) is 52.0 Å². The van der Waals surface area contributed by atoms with Crippen molar-refractivity contribution >= 4 is 70.9 Å². The van der Waals surface area contributed by atoms with Crippen LogP contribution in [-0.2, 0) is 38.1 Å². The third-order valence-electron chi connectivity index (χ3n) is 5.46. The van der Waals surface area contributed by atoms with Crippen LogP contribution in [0.25, 0.3) is 0 Å². The van der Waals surface area contributed by atoms with Gasteiger partial charge < -0.3 is 18.9 Å². The molecule has 31 heavy (non-hydrogen) atoms. The standard InChI is InChI=1S/C19H18O8S4/c1-24-14(20)8-6-5-7(9(8)15(21)25-2)11-10(6)28-18(29-11)19-30-12(16(22)26-3)13(31-19)17(23)27-4/h6-7,10-11H,5H2,1-4H3/t6-,7+,10-,11+. The normalized spacial score (nSPS) is 28.8. The number of thioether (sulfide) groups is 4. The van der Waals surface area contributed by atoms with E-state index >= 15 is 0 Å². The summed E-state index contributed by atoms with van der Waals surface area (Å²) < 4.78 is 21.3. The highest BCUT2D eigenvalue weighted by molar-refractivity contribution is 8.33. The number of carbonyl (C=O) groups excluding carboxylic acids is 4. The van der Waals surface area contributed by atoms with Crippen molar-refractivity contribution in [1.82, 2.24) is 0 Å². The Kier molecular flexibility index (Phi) is 6.44. The Morgan fingerprint density at radius 2 is 1.03 bits per heavy atom. The van der Waals surface area contributed by atoms with Gasteiger partial charge in [0.15, 0.2) is 0 Å². The van der Waals surface area contributed by atoms with Crippen molar-refractivity contribution in [3.63, 3.8) is 0 Å². The minimum atomic E-state index is -0.593. The van der Waals surface area contributed by atoms with Gasteiger partial charge in [-0.25, -0.2) is 19.2 Å². The summed E-state index contributed by atoms with van der Waals surface area (Å²) in [5.74, 6) is -2.40. The van der Waals surface area contributed by atoms with Gasteiger partial charge >= 0.3 is 23.9 Å². The first-order chi connectivity index (χ1) is 14.9. The molecule has 12 heteroatoms. The zero-order valence-electron chi connectivity index (χ0n) is 16.9. The monoisotopic (exact) mass is 502 g/mol. The van der Waals surface area contributed by atoms with Crippen molar-refractivity contribution in [3.8, 4) is 0 Å². The van der Waals surface area contributed by atoms with Gasteiger partial charge in [0.05, 0.1) is 48.1 Å². The van der Waals surface area contributed by atoms with E-state index in [1.54, 1.807) is 23.5 Å². The Labute approximate surface area is 195 Å². The van der Waals surface area contributed by atoms with Gasteiger partial charge in [-0.15, -0.1) is 23.5 Å². The maximum Gasteiger partial charge on any atom is 0.346 e. The molecular formula is C19H18O8S4. The fraction of sp³-hybridized carbons (Fsp3) is 0.474. The molecule has 2 heterocycles. The molecule has 4 rings (SSSR count). The highest BCUT2D eigenvalue weighted by atomic mass is 32.2. The van der Waals surface area contributed by atoms with Crippen molar-refractivity contribution in [1.29, 1.82) is 0 Å². The first kappa shape index (κ1) is 22.7. The van der Waals surface area contributed by atoms with Crippen LogP contribution < -0.4 is 0 Å². The summed E-state index contributed by atoms with van der Waals surface area (Å²) in [6.45, 7) is 0. The molecule has 0 radical (unpaired) electrons. The first-order valence-corrected chi connectivity index (χ1v) is 12.5. The number of methoxy groups -OCH3 is 4. The minimum absolute atomic E-state index is 0.0879. The molecule has 0 spiro atoms. The number of esters is 4. The summed E-state index contributed by atoms with van der Waals surface area (Å²) in [7, 11) is 5.13. The van der Waals surface area contributed by atoms with Crippen LogP contribution in [0.1, 0.15) is 6.42 Å². The zero-order valence-corrected chi connectivity index (χ0v) is 20.2. The molecule has 1 saturated heterocycles. The molecule has 2 bridgehead atoms. The van der Waals surface area contributed by atoms with E-state index in [2.05, 4.69) is 0 Å². The van der Waals surface area contributed by atoms with E-state index in [0.717, 1.165) is 8.47 Å². The topological polar surface area (TPSA) is 105 Å². The lowest BCUT2D eigenvalue weighted by Crippen LogP contribution is -2.32. The molecule has 0 aromatic heterocycles. The van der Waals surface area contributed by atoms with E-state index in [1.807, 2.05) is 0 Å². The fourth-order valence-electron chi connectivity index (χ4n) is 4.21. The fourth-order valence-corrected chi connectivity index (χ4v) is 10.8. The molecule has 4 aliphatic rings. The van der Waals surface area contributed by atoms with E-state index in [0.29, 0.717) is 17.6 Å². The summed E-state index contributed by atoms with van der Waals surface area (Å²) in [6, 6.07) is 0. The highest BCUT2D eigenvalue weighted by Crippen LogP contribution is 2.68. The molecule has 166 valence electrons. The lowest BCUT2D eigenvalue weighted by atomic mass is 9.91. The van der Waals surface area contributed by atoms with Gasteiger partial charge in [0.2, 0.25) is 0 Å². The molecule has 0 amide bonds. The predicted octanol–water partition coefficient (Wildman–Crippen LogP) is 2.66. The Hall–Kier alpha value is -1.50. The summed E-state index contributed by atoms with van der Waals surface area (Å²) in [5, 5.41) is 0.176. The zero-order chi connectivity index (χ0) is 22.4. The number of rotatable bonds is 4. The smallest absolute Gasteiger partial charge is 0.346 e. The van der Waals surface area contributed by atoms with Crippen LogP contribution in [0, 0.1) is 11.8 Å². The van der Waals surface area contributed by atoms with Crippen LogP contribution in [0.5, 0.6) is 0 Å². The Morgan fingerprint density at radius 1 is 0.645 bits per heavy atom. The number of carbonyl (C=O) groups is 4. The summed E-state index contributed by atoms with van der Waals surface area (Å²) in [6.07, 6.45) is 0.701. The Morgan fingerprint density at radius 3 is 1.39 bits per heavy atom. The molecule has 0 N–H and O–H groups in total. The van der Waals surface area contributed by atoms with Gasteiger partial charge in [0, 0.05) is 22.3 Å². The number of hydrogen-bond acceptors (Lipinski definition) is 12. The van der Waals surface area contributed by atoms with Crippen LogP contribution in [-0.4, -0.2) is 62.8 Å². The molecule has 0 unspecified atom stereocenters. The largest absolute Gasteiger partial charge is 0.466 e. The predicted molar refractivity (Wildman–Crippen MR) is 119 cm³/mol. The van der Waals surface area contributed by atoms with Crippen molar-refractivity contribution < 1.29 is 38.1 Å². The third-order valence-corrected chi connectivity index (χ3v) is 11.9. The van der Waals surface area contributed by atoms with Gasteiger partial charge in [-0.3, -0.25) is 0 Å². The van der Waals surface area contributed by atoms with Crippen molar-refractivity contribution in [3.05, 3.63) is 29.4 Å². The molecule has 2 aliphatic heterocycles. The van der Waals surface area contributed by atoms with Gasteiger partial charge in [-0.2, -0.15) is 0 Å². The molecule has 2 aliphatic carbocycles. The molecule has 0 aromatic carbocycles. The summed E-state index contributed by atoms with van der Waals surface area (Å²) >= 11 is 5.60. The average Bonchev–Trinajstić information content (AvgIpc) is 3.55. The molecule has 1 saturated carbocycles. The van der Waals surface area contributed by atoms with E-state index < -0.39 is 23.9 Å². The lowest BCUT2D eigenvalue weighted by molar-refractivity contribution is -0.139. The number of fused-ring (bicyclic) bond motifs is 5. The Balaban J connectivity index is 1.63. The SMILES string of the molecule is COC(=O)C1=C(C(=O)OC)SC(=C2S[C@@H]3[C@H](S2)[C@@H]2C[C@H]3C(C(=O)OC)=C2C(=O)OC)S1. The van der Waals surface area contributed by atoms with Gasteiger partial charge in [-0.05, 0) is 6.42 Å². The molecule has 2 fully saturated rings. The maximum absolute atomic E-state index is 12.4. The van der Waals surface area contributed by atoms with Crippen molar-refractivity contribution in [2.45, 2.75) is 16.9 Å².